The van der Waals surface area contributed by atoms with Gasteiger partial charge in [0.05, 0.1) is 12.0 Å². The lowest BCUT2D eigenvalue weighted by Gasteiger charge is -2.21. The van der Waals surface area contributed by atoms with E-state index < -0.39 is 9.84 Å². The summed E-state index contributed by atoms with van der Waals surface area (Å²) in [4.78, 5) is 1.88. The maximum absolute atomic E-state index is 12.6. The second kappa shape index (κ2) is 9.10. The van der Waals surface area contributed by atoms with Crippen LogP contribution in [0.3, 0.4) is 0 Å². The normalized spacial score (nSPS) is 11.6. The van der Waals surface area contributed by atoms with Crippen molar-refractivity contribution in [1.29, 1.82) is 5.26 Å². The van der Waals surface area contributed by atoms with Crippen molar-refractivity contribution >= 4 is 21.2 Å². The lowest BCUT2D eigenvalue weighted by molar-refractivity contribution is 0.414. The number of anilines is 2. The largest absolute Gasteiger partial charge is 0.497 e. The molecule has 6 nitrogen and oxygen atoms in total. The molecule has 0 aliphatic carbocycles. The van der Waals surface area contributed by atoms with E-state index in [0.717, 1.165) is 18.8 Å². The zero-order valence-corrected chi connectivity index (χ0v) is 16.5. The SMILES string of the molecule is CCN(CC)c1ccc(N/C=C(/C#N)S(=O)(=O)c2ccc(OC)cc2)cc1. The zero-order chi connectivity index (χ0) is 19.9. The van der Waals surface area contributed by atoms with E-state index in [0.29, 0.717) is 11.4 Å². The number of rotatable bonds is 8. The van der Waals surface area contributed by atoms with Crippen LogP contribution in [0.2, 0.25) is 0 Å². The van der Waals surface area contributed by atoms with Crippen molar-refractivity contribution in [3.63, 3.8) is 0 Å². The van der Waals surface area contributed by atoms with E-state index in [4.69, 9.17) is 4.74 Å². The highest BCUT2D eigenvalue weighted by Gasteiger charge is 2.20. The number of nitrogens with one attached hydrogen (secondary N) is 1. The van der Waals surface area contributed by atoms with Crippen LogP contribution in [0.1, 0.15) is 13.8 Å². The van der Waals surface area contributed by atoms with Gasteiger partial charge >= 0.3 is 0 Å². The van der Waals surface area contributed by atoms with Gasteiger partial charge in [0.15, 0.2) is 4.91 Å². The van der Waals surface area contributed by atoms with Crippen molar-refractivity contribution in [3.8, 4) is 11.8 Å². The predicted octanol–water partition coefficient (Wildman–Crippen LogP) is 3.79. The molecule has 0 bridgehead atoms. The molecule has 0 aromatic heterocycles. The molecular weight excluding hydrogens is 362 g/mol. The first-order chi connectivity index (χ1) is 13.0. The van der Waals surface area contributed by atoms with Crippen molar-refractivity contribution in [1.82, 2.24) is 0 Å². The monoisotopic (exact) mass is 385 g/mol. The zero-order valence-electron chi connectivity index (χ0n) is 15.6. The van der Waals surface area contributed by atoms with Crippen LogP contribution in [0.25, 0.3) is 0 Å². The number of methoxy groups -OCH3 is 1. The molecule has 2 rings (SSSR count). The summed E-state index contributed by atoms with van der Waals surface area (Å²) in [7, 11) is -2.40. The van der Waals surface area contributed by atoms with E-state index in [9.17, 15) is 13.7 Å². The molecule has 7 heteroatoms. The molecule has 0 radical (unpaired) electrons. The lowest BCUT2D eigenvalue weighted by Crippen LogP contribution is -2.21. The quantitative estimate of drug-likeness (QED) is 0.696. The van der Waals surface area contributed by atoms with Gasteiger partial charge in [-0.1, -0.05) is 0 Å². The van der Waals surface area contributed by atoms with Gasteiger partial charge in [0.2, 0.25) is 9.84 Å². The number of allylic oxidation sites excluding steroid dienone is 1. The summed E-state index contributed by atoms with van der Waals surface area (Å²) < 4.78 is 30.3. The maximum Gasteiger partial charge on any atom is 0.218 e. The third-order valence-electron chi connectivity index (χ3n) is 4.14. The Balaban J connectivity index is 2.21. The molecule has 0 unspecified atom stereocenters. The number of nitriles is 1. The fourth-order valence-electron chi connectivity index (χ4n) is 2.56. The molecule has 0 saturated carbocycles. The Morgan fingerprint density at radius 1 is 1.11 bits per heavy atom. The first kappa shape index (κ1) is 20.3. The van der Waals surface area contributed by atoms with Crippen LogP contribution in [0.4, 0.5) is 11.4 Å². The second-order valence-electron chi connectivity index (χ2n) is 5.66. The Hall–Kier alpha value is -2.98. The van der Waals surface area contributed by atoms with E-state index >= 15 is 0 Å². The number of hydrogen-bond acceptors (Lipinski definition) is 6. The van der Waals surface area contributed by atoms with Crippen molar-refractivity contribution in [3.05, 3.63) is 59.6 Å². The summed E-state index contributed by atoms with van der Waals surface area (Å²) in [6.07, 6.45) is 1.21. The van der Waals surface area contributed by atoms with Gasteiger partial charge in [-0.15, -0.1) is 0 Å². The Morgan fingerprint density at radius 2 is 1.70 bits per heavy atom. The molecule has 2 aromatic carbocycles. The van der Waals surface area contributed by atoms with Crippen LogP contribution in [0.15, 0.2) is 64.5 Å². The van der Waals surface area contributed by atoms with Gasteiger partial charge in [0, 0.05) is 30.7 Å². The molecule has 0 spiro atoms. The molecule has 0 aliphatic heterocycles. The van der Waals surface area contributed by atoms with Crippen molar-refractivity contribution in [2.45, 2.75) is 18.7 Å². The fraction of sp³-hybridized carbons (Fsp3) is 0.250. The van der Waals surface area contributed by atoms with Gasteiger partial charge in [0.1, 0.15) is 11.8 Å². The maximum atomic E-state index is 12.6. The Kier molecular flexibility index (Phi) is 6.85. The minimum Gasteiger partial charge on any atom is -0.497 e. The molecule has 2 aromatic rings. The topological polar surface area (TPSA) is 82.4 Å². The Labute approximate surface area is 160 Å². The third-order valence-corrected chi connectivity index (χ3v) is 5.82. The highest BCUT2D eigenvalue weighted by Crippen LogP contribution is 2.23. The number of hydrogen-bond donors (Lipinski definition) is 1. The second-order valence-corrected chi connectivity index (χ2v) is 7.58. The number of sulfone groups is 1. The molecule has 0 aliphatic rings. The van der Waals surface area contributed by atoms with E-state index in [-0.39, 0.29) is 9.80 Å². The lowest BCUT2D eigenvalue weighted by atomic mass is 10.2. The Morgan fingerprint density at radius 3 is 2.19 bits per heavy atom. The van der Waals surface area contributed by atoms with Crippen molar-refractivity contribution in [2.24, 2.45) is 0 Å². The van der Waals surface area contributed by atoms with Crippen LogP contribution >= 0.6 is 0 Å². The number of ether oxygens (including phenoxy) is 1. The summed E-state index contributed by atoms with van der Waals surface area (Å²) in [5.74, 6) is 0.544. The fourth-order valence-corrected chi connectivity index (χ4v) is 3.64. The molecule has 1 N–H and O–H groups in total. The van der Waals surface area contributed by atoms with Gasteiger partial charge in [-0.25, -0.2) is 8.42 Å². The van der Waals surface area contributed by atoms with Crippen LogP contribution in [0.5, 0.6) is 5.75 Å². The summed E-state index contributed by atoms with van der Waals surface area (Å²) >= 11 is 0. The molecule has 0 heterocycles. The average Bonchev–Trinajstić information content (AvgIpc) is 2.70. The summed E-state index contributed by atoms with van der Waals surface area (Å²) in [5.41, 5.74) is 1.78. The average molecular weight is 385 g/mol. The van der Waals surface area contributed by atoms with Gasteiger partial charge in [-0.05, 0) is 62.4 Å². The first-order valence-corrected chi connectivity index (χ1v) is 10.1. The van der Waals surface area contributed by atoms with Crippen molar-refractivity contribution < 1.29 is 13.2 Å². The molecule has 0 atom stereocenters. The summed E-state index contributed by atoms with van der Waals surface area (Å²) in [6, 6.07) is 15.3. The molecule has 0 amide bonds. The molecule has 27 heavy (non-hydrogen) atoms. The Bertz CT molecular complexity index is 924. The molecule has 0 fully saturated rings. The molecule has 0 saturated heterocycles. The van der Waals surface area contributed by atoms with Crippen LogP contribution in [-0.4, -0.2) is 28.6 Å². The minimum absolute atomic E-state index is 0.0368. The van der Waals surface area contributed by atoms with Crippen molar-refractivity contribution in [2.75, 3.05) is 30.4 Å². The molecular formula is C20H23N3O3S. The van der Waals surface area contributed by atoms with E-state index in [1.54, 1.807) is 18.2 Å². The van der Waals surface area contributed by atoms with Gasteiger partial charge in [0.25, 0.3) is 0 Å². The highest BCUT2D eigenvalue weighted by atomic mass is 32.2. The standard InChI is InChI=1S/C20H23N3O3S/c1-4-23(5-2)17-8-6-16(7-9-17)22-15-20(14-21)27(24,25)19-12-10-18(26-3)11-13-19/h6-13,15,22H,4-5H2,1-3H3/b20-15-. The number of nitrogens with zero attached hydrogens (tertiary/aromatic N) is 2. The summed E-state index contributed by atoms with van der Waals surface area (Å²) in [5, 5.41) is 12.2. The number of benzene rings is 2. The van der Waals surface area contributed by atoms with E-state index in [1.807, 2.05) is 24.3 Å². The van der Waals surface area contributed by atoms with Gasteiger partial charge in [-0.2, -0.15) is 5.26 Å². The smallest absolute Gasteiger partial charge is 0.218 e. The van der Waals surface area contributed by atoms with Gasteiger partial charge in [-0.3, -0.25) is 0 Å². The van der Waals surface area contributed by atoms with E-state index in [2.05, 4.69) is 24.1 Å². The van der Waals surface area contributed by atoms with Gasteiger partial charge < -0.3 is 15.0 Å². The predicted molar refractivity (Wildman–Crippen MR) is 108 cm³/mol. The van der Waals surface area contributed by atoms with Crippen LogP contribution in [0, 0.1) is 11.3 Å². The summed E-state index contributed by atoms with van der Waals surface area (Å²) in [6.45, 7) is 5.98. The minimum atomic E-state index is -3.90. The third kappa shape index (κ3) is 4.80. The molecule has 142 valence electrons. The van der Waals surface area contributed by atoms with Crippen LogP contribution in [-0.2, 0) is 9.84 Å². The van der Waals surface area contributed by atoms with Crippen LogP contribution < -0.4 is 15.0 Å². The highest BCUT2D eigenvalue weighted by molar-refractivity contribution is 7.95. The van der Waals surface area contributed by atoms with E-state index in [1.165, 1.54) is 25.4 Å². The first-order valence-electron chi connectivity index (χ1n) is 8.57.